The second-order valence-electron chi connectivity index (χ2n) is 4.04. The molecule has 0 aromatic heterocycles. The first kappa shape index (κ1) is 14.2. The number of hydrogen-bond acceptors (Lipinski definition) is 3. The van der Waals surface area contributed by atoms with Gasteiger partial charge in [-0.25, -0.2) is 0 Å². The van der Waals surface area contributed by atoms with E-state index in [0.29, 0.717) is 18.4 Å². The van der Waals surface area contributed by atoms with Crippen LogP contribution in [0.5, 0.6) is 0 Å². The van der Waals surface area contributed by atoms with Crippen LogP contribution in [0, 0.1) is 0 Å². The Labute approximate surface area is 107 Å². The third kappa shape index (κ3) is 4.53. The van der Waals surface area contributed by atoms with Gasteiger partial charge in [0.25, 0.3) is 0 Å². The van der Waals surface area contributed by atoms with Gasteiger partial charge in [0.1, 0.15) is 0 Å². The van der Waals surface area contributed by atoms with Gasteiger partial charge in [-0.2, -0.15) is 0 Å². The number of Topliss-reactive ketones (excluding diaryl/α,β-unsaturated/α-hetero) is 1. The molecule has 1 aromatic carbocycles. The fourth-order valence-electron chi connectivity index (χ4n) is 1.54. The van der Waals surface area contributed by atoms with Crippen molar-refractivity contribution in [3.63, 3.8) is 0 Å². The number of carbonyl (C=O) groups is 2. The second kappa shape index (κ2) is 7.43. The maximum absolute atomic E-state index is 11.9. The lowest BCUT2D eigenvalue weighted by molar-refractivity contribution is -0.146. The summed E-state index contributed by atoms with van der Waals surface area (Å²) < 4.78 is 5.09. The Hall–Kier alpha value is -1.90. The van der Waals surface area contributed by atoms with E-state index in [1.807, 2.05) is 6.07 Å². The molecule has 1 atom stereocenters. The van der Waals surface area contributed by atoms with Crippen LogP contribution < -0.4 is 0 Å². The Morgan fingerprint density at radius 2 is 2.00 bits per heavy atom. The highest BCUT2D eigenvalue weighted by Gasteiger charge is 2.18. The zero-order valence-corrected chi connectivity index (χ0v) is 10.6. The molecule has 0 spiro atoms. The molecule has 3 nitrogen and oxygen atoms in total. The molecule has 0 aliphatic rings. The van der Waals surface area contributed by atoms with Crippen molar-refractivity contribution < 1.29 is 14.3 Å². The molecule has 0 N–H and O–H groups in total. The fourth-order valence-corrected chi connectivity index (χ4v) is 1.54. The van der Waals surface area contributed by atoms with E-state index >= 15 is 0 Å². The molecule has 0 amide bonds. The van der Waals surface area contributed by atoms with Gasteiger partial charge in [-0.1, -0.05) is 36.4 Å². The van der Waals surface area contributed by atoms with Crippen LogP contribution >= 0.6 is 0 Å². The van der Waals surface area contributed by atoms with Crippen LogP contribution in [0.25, 0.3) is 0 Å². The van der Waals surface area contributed by atoms with Crippen molar-refractivity contribution in [3.05, 3.63) is 48.6 Å². The normalized spacial score (nSPS) is 11.6. The quantitative estimate of drug-likeness (QED) is 0.321. The highest BCUT2D eigenvalue weighted by Crippen LogP contribution is 2.08. The van der Waals surface area contributed by atoms with E-state index in [2.05, 4.69) is 6.58 Å². The number of esters is 1. The van der Waals surface area contributed by atoms with E-state index in [1.165, 1.54) is 0 Å². The van der Waals surface area contributed by atoms with Crippen LogP contribution in [-0.2, 0) is 9.53 Å². The molecule has 1 unspecified atom stereocenters. The Kier molecular flexibility index (Phi) is 5.85. The Balaban J connectivity index is 2.45. The molecular formula is C15H18O3. The average molecular weight is 246 g/mol. The number of allylic oxidation sites excluding steroid dienone is 1. The van der Waals surface area contributed by atoms with E-state index in [9.17, 15) is 9.59 Å². The van der Waals surface area contributed by atoms with Gasteiger partial charge in [-0.05, 0) is 19.8 Å². The van der Waals surface area contributed by atoms with Crippen molar-refractivity contribution in [1.29, 1.82) is 0 Å². The van der Waals surface area contributed by atoms with Crippen molar-refractivity contribution in [2.24, 2.45) is 0 Å². The molecule has 18 heavy (non-hydrogen) atoms. The summed E-state index contributed by atoms with van der Waals surface area (Å²) in [6.45, 7) is 5.18. The molecule has 0 aliphatic carbocycles. The predicted octanol–water partition coefficient (Wildman–Crippen LogP) is 3.16. The fraction of sp³-hybridized carbons (Fsp3) is 0.333. The number of unbranched alkanes of at least 4 members (excludes halogenated alkanes) is 1. The van der Waals surface area contributed by atoms with Gasteiger partial charge in [0, 0.05) is 12.0 Å². The third-order valence-electron chi connectivity index (χ3n) is 2.52. The van der Waals surface area contributed by atoms with Crippen molar-refractivity contribution in [1.82, 2.24) is 0 Å². The van der Waals surface area contributed by atoms with Crippen molar-refractivity contribution in [2.75, 3.05) is 0 Å². The monoisotopic (exact) mass is 246 g/mol. The highest BCUT2D eigenvalue weighted by molar-refractivity contribution is 6.00. The topological polar surface area (TPSA) is 43.4 Å². The summed E-state index contributed by atoms with van der Waals surface area (Å²) >= 11 is 0. The van der Waals surface area contributed by atoms with E-state index in [0.717, 1.165) is 6.42 Å². The number of ketones is 1. The van der Waals surface area contributed by atoms with Crippen LogP contribution in [0.4, 0.5) is 0 Å². The lowest BCUT2D eigenvalue weighted by Crippen LogP contribution is -2.24. The molecule has 0 bridgehead atoms. The zero-order chi connectivity index (χ0) is 13.4. The molecule has 0 aliphatic heterocycles. The summed E-state index contributed by atoms with van der Waals surface area (Å²) in [5.74, 6) is -0.513. The summed E-state index contributed by atoms with van der Waals surface area (Å²) in [6, 6.07) is 8.83. The van der Waals surface area contributed by atoms with Crippen LogP contribution in [0.2, 0.25) is 0 Å². The molecule has 0 fully saturated rings. The van der Waals surface area contributed by atoms with Gasteiger partial charge in [0.2, 0.25) is 5.78 Å². The third-order valence-corrected chi connectivity index (χ3v) is 2.52. The number of ether oxygens (including phenoxy) is 1. The van der Waals surface area contributed by atoms with Gasteiger partial charge in [-0.15, -0.1) is 6.58 Å². The van der Waals surface area contributed by atoms with Gasteiger partial charge < -0.3 is 4.74 Å². The first-order valence-electron chi connectivity index (χ1n) is 6.04. The second-order valence-corrected chi connectivity index (χ2v) is 4.04. The molecule has 3 heteroatoms. The minimum Gasteiger partial charge on any atom is -0.454 e. The van der Waals surface area contributed by atoms with E-state index in [4.69, 9.17) is 4.74 Å². The largest absolute Gasteiger partial charge is 0.454 e. The Bertz CT molecular complexity index is 409. The molecular weight excluding hydrogens is 228 g/mol. The van der Waals surface area contributed by atoms with E-state index in [1.54, 1.807) is 37.3 Å². The lowest BCUT2D eigenvalue weighted by atomic mass is 10.1. The number of carbonyl (C=O) groups excluding carboxylic acids is 2. The molecule has 0 radical (unpaired) electrons. The van der Waals surface area contributed by atoms with E-state index < -0.39 is 6.10 Å². The van der Waals surface area contributed by atoms with Gasteiger partial charge in [0.15, 0.2) is 6.10 Å². The van der Waals surface area contributed by atoms with Crippen LogP contribution in [0.1, 0.15) is 36.5 Å². The lowest BCUT2D eigenvalue weighted by Gasteiger charge is -2.12. The Morgan fingerprint density at radius 1 is 1.33 bits per heavy atom. The Morgan fingerprint density at radius 3 is 2.61 bits per heavy atom. The van der Waals surface area contributed by atoms with Crippen LogP contribution in [0.15, 0.2) is 43.0 Å². The maximum Gasteiger partial charge on any atom is 0.306 e. The average Bonchev–Trinajstić information content (AvgIpc) is 2.39. The van der Waals surface area contributed by atoms with Gasteiger partial charge in [-0.3, -0.25) is 9.59 Å². The van der Waals surface area contributed by atoms with Crippen molar-refractivity contribution >= 4 is 11.8 Å². The first-order chi connectivity index (χ1) is 8.65. The zero-order valence-electron chi connectivity index (χ0n) is 10.6. The minimum atomic E-state index is -0.733. The molecule has 0 saturated carbocycles. The predicted molar refractivity (Wildman–Crippen MR) is 70.4 cm³/mol. The standard InChI is InChI=1S/C15H18O3/c1-3-4-6-11-14(16)18-12(2)15(17)13-9-7-5-8-10-13/h3,5,7-10,12H,1,4,6,11H2,2H3. The minimum absolute atomic E-state index is 0.173. The summed E-state index contributed by atoms with van der Waals surface area (Å²) in [5, 5.41) is 0. The molecule has 96 valence electrons. The van der Waals surface area contributed by atoms with Crippen LogP contribution in [0.3, 0.4) is 0 Å². The number of hydrogen-bond donors (Lipinski definition) is 0. The summed E-state index contributed by atoms with van der Waals surface area (Å²) in [7, 11) is 0. The molecule has 0 saturated heterocycles. The van der Waals surface area contributed by atoms with Crippen LogP contribution in [-0.4, -0.2) is 17.9 Å². The highest BCUT2D eigenvalue weighted by atomic mass is 16.5. The van der Waals surface area contributed by atoms with Gasteiger partial charge >= 0.3 is 5.97 Å². The summed E-state index contributed by atoms with van der Waals surface area (Å²) in [6.07, 6.45) is 2.82. The maximum atomic E-state index is 11.9. The molecule has 0 heterocycles. The molecule has 1 aromatic rings. The summed E-state index contributed by atoms with van der Waals surface area (Å²) in [5.41, 5.74) is 0.559. The summed E-state index contributed by atoms with van der Waals surface area (Å²) in [4.78, 5) is 23.4. The van der Waals surface area contributed by atoms with Crippen molar-refractivity contribution in [2.45, 2.75) is 32.3 Å². The smallest absolute Gasteiger partial charge is 0.306 e. The molecule has 1 rings (SSSR count). The SMILES string of the molecule is C=CCCCC(=O)OC(C)C(=O)c1ccccc1. The van der Waals surface area contributed by atoms with Gasteiger partial charge in [0.05, 0.1) is 0 Å². The number of rotatable bonds is 7. The number of benzene rings is 1. The van der Waals surface area contributed by atoms with Crippen molar-refractivity contribution in [3.8, 4) is 0 Å². The van der Waals surface area contributed by atoms with E-state index in [-0.39, 0.29) is 11.8 Å². The first-order valence-corrected chi connectivity index (χ1v) is 6.04.